The molecule has 1 amide bonds. The number of β-lactam (4-membered cyclic amide) rings is 1. The van der Waals surface area contributed by atoms with E-state index in [1.165, 1.54) is 0 Å². The third kappa shape index (κ3) is 3.83. The Morgan fingerprint density at radius 1 is 1.35 bits per heavy atom. The minimum atomic E-state index is -0.238. The molecule has 0 aliphatic carbocycles. The van der Waals surface area contributed by atoms with E-state index in [4.69, 9.17) is 9.47 Å². The van der Waals surface area contributed by atoms with Crippen molar-refractivity contribution in [3.05, 3.63) is 35.4 Å². The van der Waals surface area contributed by atoms with Gasteiger partial charge in [-0.1, -0.05) is 18.2 Å². The van der Waals surface area contributed by atoms with Crippen LogP contribution in [0.5, 0.6) is 0 Å². The van der Waals surface area contributed by atoms with Crippen molar-refractivity contribution in [3.63, 3.8) is 0 Å². The van der Waals surface area contributed by atoms with Crippen molar-refractivity contribution in [2.75, 3.05) is 13.2 Å². The predicted molar refractivity (Wildman–Crippen MR) is 75.5 cm³/mol. The largest absolute Gasteiger partial charge is 0.353 e. The van der Waals surface area contributed by atoms with Gasteiger partial charge < -0.3 is 9.47 Å². The Hall–Kier alpha value is -1.83. The summed E-state index contributed by atoms with van der Waals surface area (Å²) in [5.74, 6) is 3.13. The topological polar surface area (TPSA) is 38.8 Å². The summed E-state index contributed by atoms with van der Waals surface area (Å²) in [6.07, 6.45) is 0.365. The number of carbonyl (C=O) groups is 1. The number of amides is 1. The van der Waals surface area contributed by atoms with E-state index in [1.807, 2.05) is 38.1 Å². The lowest BCUT2D eigenvalue weighted by Gasteiger charge is -2.23. The molecule has 1 aromatic carbocycles. The highest BCUT2D eigenvalue weighted by atomic mass is 16.7. The zero-order valence-electron chi connectivity index (χ0n) is 11.9. The highest BCUT2D eigenvalue weighted by molar-refractivity contribution is 5.83. The van der Waals surface area contributed by atoms with E-state index in [1.54, 1.807) is 4.90 Å². The molecule has 1 fully saturated rings. The Morgan fingerprint density at radius 3 is 2.80 bits per heavy atom. The maximum atomic E-state index is 11.2. The van der Waals surface area contributed by atoms with Gasteiger partial charge in [-0.15, -0.1) is 0 Å². The van der Waals surface area contributed by atoms with Crippen LogP contribution in [0, 0.1) is 12.0 Å². The Labute approximate surface area is 119 Å². The lowest BCUT2D eigenvalue weighted by Crippen LogP contribution is -2.39. The number of hydrogen-bond donors (Lipinski definition) is 0. The second-order valence-corrected chi connectivity index (χ2v) is 4.52. The normalized spacial score (nSPS) is 15.3. The SMILES string of the molecule is CCOC(C)OCc1ccccc1C#CN1CCC1=O. The smallest absolute Gasteiger partial charge is 0.235 e. The van der Waals surface area contributed by atoms with Gasteiger partial charge in [0.1, 0.15) is 0 Å². The minimum absolute atomic E-state index is 0.0937. The van der Waals surface area contributed by atoms with Gasteiger partial charge in [-0.25, -0.2) is 0 Å². The number of nitrogens with zero attached hydrogens (tertiary/aromatic N) is 1. The molecule has 4 heteroatoms. The fraction of sp³-hybridized carbons (Fsp3) is 0.438. The first-order chi connectivity index (χ1) is 9.70. The fourth-order valence-corrected chi connectivity index (χ4v) is 1.82. The number of ether oxygens (including phenoxy) is 2. The molecule has 0 bridgehead atoms. The Balaban J connectivity index is 2.00. The molecule has 1 aromatic rings. The van der Waals surface area contributed by atoms with Crippen LogP contribution < -0.4 is 0 Å². The monoisotopic (exact) mass is 273 g/mol. The van der Waals surface area contributed by atoms with Gasteiger partial charge in [0.05, 0.1) is 6.61 Å². The van der Waals surface area contributed by atoms with E-state index in [0.717, 1.165) is 17.7 Å². The molecule has 0 aromatic heterocycles. The van der Waals surface area contributed by atoms with Crippen LogP contribution in [0.1, 0.15) is 31.4 Å². The van der Waals surface area contributed by atoms with Crippen LogP contribution in [0.4, 0.5) is 0 Å². The van der Waals surface area contributed by atoms with Crippen LogP contribution in [0.15, 0.2) is 24.3 Å². The molecular weight excluding hydrogens is 254 g/mol. The fourth-order valence-electron chi connectivity index (χ4n) is 1.82. The molecule has 1 saturated heterocycles. The van der Waals surface area contributed by atoms with Crippen molar-refractivity contribution >= 4 is 5.91 Å². The molecule has 20 heavy (non-hydrogen) atoms. The summed E-state index contributed by atoms with van der Waals surface area (Å²) in [5, 5.41) is 0. The van der Waals surface area contributed by atoms with Crippen molar-refractivity contribution in [2.24, 2.45) is 0 Å². The molecule has 4 nitrogen and oxygen atoms in total. The van der Waals surface area contributed by atoms with Gasteiger partial charge in [0.25, 0.3) is 0 Å². The molecule has 0 radical (unpaired) electrons. The van der Waals surface area contributed by atoms with Gasteiger partial charge in [-0.2, -0.15) is 0 Å². The summed E-state index contributed by atoms with van der Waals surface area (Å²) < 4.78 is 10.9. The summed E-state index contributed by atoms with van der Waals surface area (Å²) >= 11 is 0. The van der Waals surface area contributed by atoms with Crippen LogP contribution >= 0.6 is 0 Å². The molecule has 1 aliphatic heterocycles. The Bertz CT molecular complexity index is 530. The molecule has 1 unspecified atom stereocenters. The second kappa shape index (κ2) is 7.09. The Kier molecular flexibility index (Phi) is 5.16. The van der Waals surface area contributed by atoms with Gasteiger partial charge in [0.15, 0.2) is 6.29 Å². The Morgan fingerprint density at radius 2 is 2.15 bits per heavy atom. The molecule has 106 valence electrons. The van der Waals surface area contributed by atoms with Crippen molar-refractivity contribution < 1.29 is 14.3 Å². The summed E-state index contributed by atoms with van der Waals surface area (Å²) in [6.45, 7) is 5.60. The van der Waals surface area contributed by atoms with Crippen LogP contribution in [0.2, 0.25) is 0 Å². The van der Waals surface area contributed by atoms with Crippen LogP contribution in [-0.2, 0) is 20.9 Å². The maximum Gasteiger partial charge on any atom is 0.235 e. The van der Waals surface area contributed by atoms with Crippen molar-refractivity contribution in [2.45, 2.75) is 33.2 Å². The summed E-state index contributed by atoms with van der Waals surface area (Å²) in [5.41, 5.74) is 1.88. The lowest BCUT2D eigenvalue weighted by atomic mass is 10.1. The third-order valence-corrected chi connectivity index (χ3v) is 3.07. The van der Waals surface area contributed by atoms with E-state index in [0.29, 0.717) is 19.6 Å². The maximum absolute atomic E-state index is 11.2. The van der Waals surface area contributed by atoms with Crippen molar-refractivity contribution in [3.8, 4) is 12.0 Å². The standard InChI is InChI=1S/C16H19NO3/c1-3-19-13(2)20-12-15-7-5-4-6-14(15)8-10-17-11-9-16(17)18/h4-7,13H,3,9,11-12H2,1-2H3. The molecular formula is C16H19NO3. The number of likely N-dealkylation sites (tertiary alicyclic amines) is 1. The van der Waals surface area contributed by atoms with Crippen LogP contribution in [0.3, 0.4) is 0 Å². The molecule has 2 rings (SSSR count). The van der Waals surface area contributed by atoms with E-state index >= 15 is 0 Å². The van der Waals surface area contributed by atoms with E-state index in [9.17, 15) is 4.79 Å². The van der Waals surface area contributed by atoms with E-state index in [-0.39, 0.29) is 12.2 Å². The van der Waals surface area contributed by atoms with Crippen molar-refractivity contribution in [1.29, 1.82) is 0 Å². The van der Waals surface area contributed by atoms with Crippen LogP contribution in [-0.4, -0.2) is 30.2 Å². The van der Waals surface area contributed by atoms with Gasteiger partial charge in [-0.05, 0) is 31.4 Å². The van der Waals surface area contributed by atoms with Crippen molar-refractivity contribution in [1.82, 2.24) is 4.90 Å². The zero-order chi connectivity index (χ0) is 14.4. The molecule has 0 spiro atoms. The minimum Gasteiger partial charge on any atom is -0.353 e. The molecule has 1 heterocycles. The highest BCUT2D eigenvalue weighted by Crippen LogP contribution is 2.12. The third-order valence-electron chi connectivity index (χ3n) is 3.07. The molecule has 0 N–H and O–H groups in total. The molecule has 0 saturated carbocycles. The predicted octanol–water partition coefficient (Wildman–Crippen LogP) is 2.13. The van der Waals surface area contributed by atoms with E-state index in [2.05, 4.69) is 12.0 Å². The first-order valence-electron chi connectivity index (χ1n) is 6.84. The quantitative estimate of drug-likeness (QED) is 0.468. The number of hydrogen-bond acceptors (Lipinski definition) is 3. The molecule has 1 aliphatic rings. The van der Waals surface area contributed by atoms with E-state index < -0.39 is 0 Å². The number of carbonyl (C=O) groups excluding carboxylic acids is 1. The zero-order valence-corrected chi connectivity index (χ0v) is 11.9. The average molecular weight is 273 g/mol. The summed E-state index contributed by atoms with van der Waals surface area (Å²) in [6, 6.07) is 10.7. The lowest BCUT2D eigenvalue weighted by molar-refractivity contribution is -0.135. The van der Waals surface area contributed by atoms with Gasteiger partial charge in [-0.3, -0.25) is 9.69 Å². The number of rotatable bonds is 5. The summed E-state index contributed by atoms with van der Waals surface area (Å²) in [7, 11) is 0. The molecule has 1 atom stereocenters. The van der Waals surface area contributed by atoms with Crippen LogP contribution in [0.25, 0.3) is 0 Å². The van der Waals surface area contributed by atoms with Gasteiger partial charge in [0, 0.05) is 31.2 Å². The summed E-state index contributed by atoms with van der Waals surface area (Å²) in [4.78, 5) is 12.7. The number of benzene rings is 1. The highest BCUT2D eigenvalue weighted by Gasteiger charge is 2.21. The first kappa shape index (κ1) is 14.6. The average Bonchev–Trinajstić information content (AvgIpc) is 2.45. The second-order valence-electron chi connectivity index (χ2n) is 4.52. The first-order valence-corrected chi connectivity index (χ1v) is 6.84. The van der Waals surface area contributed by atoms with Gasteiger partial charge in [0.2, 0.25) is 5.91 Å². The van der Waals surface area contributed by atoms with Gasteiger partial charge >= 0.3 is 0 Å².